The number of β-lactam (4-membered cyclic amide) rings is 1. The lowest BCUT2D eigenvalue weighted by Crippen LogP contribution is -2.71. The minimum atomic E-state index is -4.72. The van der Waals surface area contributed by atoms with E-state index in [-0.39, 0.29) is 17.9 Å². The van der Waals surface area contributed by atoms with E-state index in [1.165, 1.54) is 37.5 Å². The molecule has 1 saturated heterocycles. The number of nitrogens with two attached hydrogens (primary N) is 1. The van der Waals surface area contributed by atoms with Crippen molar-refractivity contribution in [2.45, 2.75) is 56.8 Å². The van der Waals surface area contributed by atoms with Crippen molar-refractivity contribution in [3.8, 4) is 0 Å². The number of rotatable bonds is 6. The molecule has 12 heteroatoms. The Balaban J connectivity index is 1.61. The van der Waals surface area contributed by atoms with Gasteiger partial charge in [-0.05, 0) is 61.1 Å². The van der Waals surface area contributed by atoms with Gasteiger partial charge in [0.1, 0.15) is 23.7 Å². The van der Waals surface area contributed by atoms with Crippen molar-refractivity contribution in [3.05, 3.63) is 54.0 Å². The van der Waals surface area contributed by atoms with Gasteiger partial charge in [0.15, 0.2) is 0 Å². The molecule has 204 valence electrons. The van der Waals surface area contributed by atoms with Crippen LogP contribution in [0.15, 0.2) is 42.6 Å². The molecule has 1 saturated carbocycles. The summed E-state index contributed by atoms with van der Waals surface area (Å²) in [6.45, 7) is 0. The number of alkyl halides is 3. The van der Waals surface area contributed by atoms with E-state index in [4.69, 9.17) is 5.73 Å². The first-order valence-corrected chi connectivity index (χ1v) is 12.4. The monoisotopic (exact) mass is 535 g/mol. The number of likely N-dealkylation sites (N-methyl/N-ethyl adjacent to an activating group) is 1. The van der Waals surface area contributed by atoms with Gasteiger partial charge < -0.3 is 16.0 Å². The summed E-state index contributed by atoms with van der Waals surface area (Å²) in [6, 6.07) is 3.43. The number of anilines is 2. The molecule has 4 rings (SSSR count). The molecule has 1 aliphatic carbocycles. The lowest BCUT2D eigenvalue weighted by molar-refractivity contribution is -0.170. The van der Waals surface area contributed by atoms with E-state index in [2.05, 4.69) is 4.98 Å². The number of imide groups is 1. The molecule has 0 radical (unpaired) electrons. The largest absolute Gasteiger partial charge is 0.408 e. The highest BCUT2D eigenvalue weighted by Crippen LogP contribution is 2.37. The summed E-state index contributed by atoms with van der Waals surface area (Å²) in [7, 11) is 1.35. The van der Waals surface area contributed by atoms with Gasteiger partial charge in [0.2, 0.25) is 5.91 Å². The van der Waals surface area contributed by atoms with Gasteiger partial charge in [-0.25, -0.2) is 14.2 Å². The molecule has 2 heterocycles. The second kappa shape index (κ2) is 11.0. The van der Waals surface area contributed by atoms with Gasteiger partial charge in [-0.3, -0.25) is 14.5 Å². The molecule has 1 aromatic heterocycles. The molecule has 2 aliphatic rings. The Bertz CT molecular complexity index is 1200. The zero-order chi connectivity index (χ0) is 27.6. The molecule has 8 nitrogen and oxygen atoms in total. The Morgan fingerprint density at radius 1 is 1.18 bits per heavy atom. The second-order valence-corrected chi connectivity index (χ2v) is 9.80. The summed E-state index contributed by atoms with van der Waals surface area (Å²) in [4.78, 5) is 45.3. The van der Waals surface area contributed by atoms with Crippen molar-refractivity contribution in [2.24, 2.45) is 11.8 Å². The Hall–Kier alpha value is -3.70. The zero-order valence-corrected chi connectivity index (χ0v) is 20.7. The first-order valence-electron chi connectivity index (χ1n) is 12.4. The summed E-state index contributed by atoms with van der Waals surface area (Å²) in [6.07, 6.45) is -0.634. The third-order valence-electron chi connectivity index (χ3n) is 7.27. The lowest BCUT2D eigenvalue weighted by atomic mass is 9.81. The molecule has 1 aromatic carbocycles. The molecule has 3 N–H and O–H groups in total. The Labute approximate surface area is 217 Å². The van der Waals surface area contributed by atoms with Crippen LogP contribution in [-0.2, 0) is 16.0 Å². The summed E-state index contributed by atoms with van der Waals surface area (Å²) >= 11 is 0. The van der Waals surface area contributed by atoms with Gasteiger partial charge in [0.25, 0.3) is 5.91 Å². The number of carbonyl (C=O) groups excluding carboxylic acids is 3. The van der Waals surface area contributed by atoms with Crippen LogP contribution in [-0.4, -0.2) is 53.0 Å². The van der Waals surface area contributed by atoms with Gasteiger partial charge in [-0.2, -0.15) is 13.2 Å². The number of pyridine rings is 1. The van der Waals surface area contributed by atoms with E-state index in [0.717, 1.165) is 17.4 Å². The van der Waals surface area contributed by atoms with Crippen molar-refractivity contribution in [2.75, 3.05) is 17.7 Å². The first kappa shape index (κ1) is 27.3. The van der Waals surface area contributed by atoms with Crippen LogP contribution in [0.1, 0.15) is 37.7 Å². The Morgan fingerprint density at radius 3 is 2.53 bits per heavy atom. The number of halogens is 4. The first-order chi connectivity index (χ1) is 18.0. The van der Waals surface area contributed by atoms with E-state index < -0.39 is 53.8 Å². The lowest BCUT2D eigenvalue weighted by Gasteiger charge is -2.46. The maximum absolute atomic E-state index is 13.9. The fourth-order valence-corrected chi connectivity index (χ4v) is 5.28. The van der Waals surface area contributed by atoms with E-state index in [1.54, 1.807) is 6.07 Å². The minimum Gasteiger partial charge on any atom is -0.384 e. The molecule has 1 aliphatic heterocycles. The van der Waals surface area contributed by atoms with Crippen LogP contribution < -0.4 is 16.0 Å². The zero-order valence-electron chi connectivity index (χ0n) is 20.7. The van der Waals surface area contributed by atoms with E-state index in [1.807, 2.05) is 5.32 Å². The highest BCUT2D eigenvalue weighted by molar-refractivity contribution is 6.12. The van der Waals surface area contributed by atoms with Crippen molar-refractivity contribution in [1.82, 2.24) is 15.2 Å². The smallest absolute Gasteiger partial charge is 0.384 e. The number of benzene rings is 1. The molecule has 3 atom stereocenters. The van der Waals surface area contributed by atoms with E-state index in [9.17, 15) is 31.9 Å². The average molecular weight is 536 g/mol. The highest BCUT2D eigenvalue weighted by Gasteiger charge is 2.56. The van der Waals surface area contributed by atoms with Crippen LogP contribution in [0.25, 0.3) is 0 Å². The van der Waals surface area contributed by atoms with Crippen molar-refractivity contribution in [1.29, 1.82) is 0 Å². The summed E-state index contributed by atoms with van der Waals surface area (Å²) in [5, 5.41) is 2.01. The number of nitrogen functional groups attached to an aromatic ring is 1. The molecule has 4 amide bonds. The van der Waals surface area contributed by atoms with E-state index in [0.29, 0.717) is 36.1 Å². The third kappa shape index (κ3) is 5.73. The van der Waals surface area contributed by atoms with Gasteiger partial charge in [0.05, 0.1) is 5.92 Å². The molecule has 38 heavy (non-hydrogen) atoms. The number of nitrogens with one attached hydrogen (secondary N) is 1. The van der Waals surface area contributed by atoms with Crippen molar-refractivity contribution >= 4 is 29.4 Å². The summed E-state index contributed by atoms with van der Waals surface area (Å²) in [5.41, 5.74) is 6.45. The predicted octanol–water partition coefficient (Wildman–Crippen LogP) is 4.06. The maximum Gasteiger partial charge on any atom is 0.408 e. The summed E-state index contributed by atoms with van der Waals surface area (Å²) < 4.78 is 55.6. The number of likely N-dealkylation sites (tertiary alicyclic amines) is 1. The predicted molar refractivity (Wildman–Crippen MR) is 131 cm³/mol. The molecule has 2 fully saturated rings. The Morgan fingerprint density at radius 2 is 1.89 bits per heavy atom. The van der Waals surface area contributed by atoms with Gasteiger partial charge in [-0.1, -0.05) is 25.3 Å². The molecule has 2 aromatic rings. The average Bonchev–Trinajstić information content (AvgIpc) is 2.87. The highest BCUT2D eigenvalue weighted by atomic mass is 19.4. The fourth-order valence-electron chi connectivity index (χ4n) is 5.28. The second-order valence-electron chi connectivity index (χ2n) is 9.80. The van der Waals surface area contributed by atoms with Crippen LogP contribution in [0.4, 0.5) is 33.9 Å². The normalized spacial score (nSPS) is 21.0. The molecule has 0 spiro atoms. The van der Waals surface area contributed by atoms with Gasteiger partial charge in [0, 0.05) is 18.9 Å². The number of nitrogens with zero attached hydrogens (tertiary/aromatic N) is 3. The van der Waals surface area contributed by atoms with Crippen LogP contribution in [0, 0.1) is 17.7 Å². The number of urea groups is 1. The summed E-state index contributed by atoms with van der Waals surface area (Å²) in [5.74, 6) is -3.80. The van der Waals surface area contributed by atoms with Gasteiger partial charge >= 0.3 is 12.2 Å². The quantitative estimate of drug-likeness (QED) is 0.429. The molecular formula is C26H29F4N5O3. The Kier molecular flexibility index (Phi) is 7.89. The fraction of sp³-hybridized carbons (Fsp3) is 0.462. The van der Waals surface area contributed by atoms with Crippen LogP contribution in [0.5, 0.6) is 0 Å². The number of hydrogen-bond acceptors (Lipinski definition) is 5. The maximum atomic E-state index is 13.9. The van der Waals surface area contributed by atoms with E-state index >= 15 is 0 Å². The van der Waals surface area contributed by atoms with Crippen LogP contribution in [0.2, 0.25) is 0 Å². The van der Waals surface area contributed by atoms with Crippen LogP contribution in [0.3, 0.4) is 0 Å². The van der Waals surface area contributed by atoms with Crippen molar-refractivity contribution in [3.63, 3.8) is 0 Å². The van der Waals surface area contributed by atoms with Crippen LogP contribution >= 0.6 is 0 Å². The SMILES string of the molecule is CN(C(=O)[C@@H]1[C@@H](Cc2ccnc(N)c2)C(=O)N1C(=O)NC(C1CCCCC1)C(F)(F)F)c1cccc(F)c1. The standard InChI is InChI=1S/C26H29F4N5O3/c1-34(18-9-5-8-17(27)14-18)24(37)21-19(12-15-10-11-32-20(31)13-15)23(36)35(21)25(38)33-22(26(28,29)30)16-6-3-2-4-7-16/h5,8-11,13-14,16,19,21-22H,2-4,6-7,12H2,1H3,(H2,31,32)(H,33,38)/t19-,21+,22?/m1/s1. The molecule has 1 unspecified atom stereocenters. The molecule has 0 bridgehead atoms. The number of hydrogen-bond donors (Lipinski definition) is 2. The number of amides is 4. The number of carbonyl (C=O) groups is 3. The van der Waals surface area contributed by atoms with Crippen molar-refractivity contribution < 1.29 is 31.9 Å². The molecular weight excluding hydrogens is 506 g/mol. The van der Waals surface area contributed by atoms with Gasteiger partial charge in [-0.15, -0.1) is 0 Å². The number of aromatic nitrogens is 1. The third-order valence-corrected chi connectivity index (χ3v) is 7.27. The minimum absolute atomic E-state index is 0.00799. The topological polar surface area (TPSA) is 109 Å².